The van der Waals surface area contributed by atoms with Crippen LogP contribution < -0.4 is 15.0 Å². The molecule has 2 fully saturated rings. The van der Waals surface area contributed by atoms with Crippen molar-refractivity contribution in [2.45, 2.75) is 30.9 Å². The number of anilines is 1. The van der Waals surface area contributed by atoms with E-state index in [0.29, 0.717) is 29.8 Å². The summed E-state index contributed by atoms with van der Waals surface area (Å²) in [5.74, 6) is -0.244. The lowest BCUT2D eigenvalue weighted by Gasteiger charge is -2.45. The number of nitrogens with zero attached hydrogens (tertiary/aromatic N) is 3. The molecule has 1 saturated carbocycles. The number of ether oxygens (including phenoxy) is 2. The van der Waals surface area contributed by atoms with E-state index in [4.69, 9.17) is 9.47 Å². The Morgan fingerprint density at radius 3 is 2.68 bits per heavy atom. The monoisotopic (exact) mass is 456 g/mol. The number of amides is 3. The van der Waals surface area contributed by atoms with Crippen molar-refractivity contribution in [3.8, 4) is 11.8 Å². The van der Waals surface area contributed by atoms with E-state index < -0.39 is 11.9 Å². The van der Waals surface area contributed by atoms with Gasteiger partial charge >= 0.3 is 6.03 Å². The van der Waals surface area contributed by atoms with Crippen molar-refractivity contribution in [2.24, 2.45) is 5.92 Å². The van der Waals surface area contributed by atoms with Gasteiger partial charge in [-0.05, 0) is 36.6 Å². The number of nitrogens with one attached hydrogen (secondary N) is 1. The summed E-state index contributed by atoms with van der Waals surface area (Å²) in [6, 6.07) is 14.3. The molecule has 0 bridgehead atoms. The number of hydrogen-bond donors (Lipinski definition) is 1. The lowest BCUT2D eigenvalue weighted by atomic mass is 9.71. The molecule has 2 heterocycles. The Hall–Kier alpha value is -3.96. The number of imide groups is 1. The number of nitriles is 1. The van der Waals surface area contributed by atoms with Gasteiger partial charge in [0, 0.05) is 36.0 Å². The van der Waals surface area contributed by atoms with Crippen LogP contribution in [0.5, 0.6) is 5.75 Å². The number of methoxy groups -OCH3 is 2. The molecule has 172 valence electrons. The Morgan fingerprint density at radius 2 is 1.91 bits per heavy atom. The molecule has 2 aromatic carbocycles. The number of benzene rings is 2. The Morgan fingerprint density at radius 1 is 1.09 bits per heavy atom. The first-order valence-corrected chi connectivity index (χ1v) is 11.1. The number of aromatic nitrogens is 1. The average Bonchev–Trinajstić information content (AvgIpc) is 2.87. The van der Waals surface area contributed by atoms with Crippen molar-refractivity contribution >= 4 is 28.4 Å². The Kier molecular flexibility index (Phi) is 5.64. The van der Waals surface area contributed by atoms with Crippen molar-refractivity contribution in [2.75, 3.05) is 19.1 Å². The zero-order chi connectivity index (χ0) is 23.8. The van der Waals surface area contributed by atoms with Gasteiger partial charge in [-0.15, -0.1) is 0 Å². The number of fused-ring (bicyclic) bond motifs is 2. The summed E-state index contributed by atoms with van der Waals surface area (Å²) in [6.07, 6.45) is 3.86. The number of hydrogen-bond acceptors (Lipinski definition) is 6. The molecule has 8 heteroatoms. The van der Waals surface area contributed by atoms with Gasteiger partial charge < -0.3 is 14.8 Å². The first kappa shape index (κ1) is 21.9. The summed E-state index contributed by atoms with van der Waals surface area (Å²) in [6.45, 7) is 0. The summed E-state index contributed by atoms with van der Waals surface area (Å²) < 4.78 is 11.2. The van der Waals surface area contributed by atoms with E-state index in [2.05, 4.69) is 16.4 Å². The molecule has 3 amide bonds. The van der Waals surface area contributed by atoms with Crippen molar-refractivity contribution in [1.82, 2.24) is 10.3 Å². The molecule has 0 radical (unpaired) electrons. The standard InChI is InChI=1S/C26H24N4O4/c1-33-17-8-7-15(12-27)19(9-17)20-10-22-21(11-24(20)34-2)25(31)30(26(32)29-22)23-14-28-13-16-5-3-4-6-18(16)23/h3-9,13-14,20-22,24H,10-11H2,1-2H3,(H,29,32). The van der Waals surface area contributed by atoms with Crippen LogP contribution in [0.1, 0.15) is 29.9 Å². The Labute approximate surface area is 197 Å². The number of carbonyl (C=O) groups excluding carboxylic acids is 2. The third-order valence-electron chi connectivity index (χ3n) is 6.95. The van der Waals surface area contributed by atoms with Crippen LogP contribution in [-0.4, -0.2) is 43.3 Å². The summed E-state index contributed by atoms with van der Waals surface area (Å²) in [4.78, 5) is 32.3. The third-order valence-corrected chi connectivity index (χ3v) is 6.95. The molecule has 8 nitrogen and oxygen atoms in total. The molecule has 3 aromatic rings. The molecule has 2 aliphatic rings. The number of pyridine rings is 1. The Balaban J connectivity index is 1.49. The topological polar surface area (TPSA) is 105 Å². The maximum Gasteiger partial charge on any atom is 0.329 e. The molecule has 1 aromatic heterocycles. The second kappa shape index (κ2) is 8.76. The van der Waals surface area contributed by atoms with E-state index in [1.165, 1.54) is 4.90 Å². The van der Waals surface area contributed by atoms with Crippen LogP contribution >= 0.6 is 0 Å². The van der Waals surface area contributed by atoms with E-state index in [1.807, 2.05) is 30.3 Å². The average molecular weight is 457 g/mol. The van der Waals surface area contributed by atoms with E-state index in [9.17, 15) is 14.9 Å². The minimum Gasteiger partial charge on any atom is -0.497 e. The van der Waals surface area contributed by atoms with Gasteiger partial charge in [0.25, 0.3) is 0 Å². The second-order valence-electron chi connectivity index (χ2n) is 8.63. The third kappa shape index (κ3) is 3.55. The molecule has 0 spiro atoms. The van der Waals surface area contributed by atoms with Crippen LogP contribution in [0, 0.1) is 17.2 Å². The maximum absolute atomic E-state index is 13.7. The fraction of sp³-hybridized carbons (Fsp3) is 0.308. The molecular formula is C26H24N4O4. The first-order chi connectivity index (χ1) is 16.5. The van der Waals surface area contributed by atoms with Crippen molar-refractivity contribution in [1.29, 1.82) is 5.26 Å². The lowest BCUT2D eigenvalue weighted by molar-refractivity contribution is -0.126. The van der Waals surface area contributed by atoms with E-state index in [0.717, 1.165) is 16.3 Å². The highest BCUT2D eigenvalue weighted by Crippen LogP contribution is 2.43. The van der Waals surface area contributed by atoms with Gasteiger partial charge in [0.2, 0.25) is 5.91 Å². The SMILES string of the molecule is COc1ccc(C#N)c(C2CC3NC(=O)N(c4cncc5ccccc45)C(=O)C3CC2OC)c1. The molecule has 34 heavy (non-hydrogen) atoms. The molecule has 5 rings (SSSR count). The largest absolute Gasteiger partial charge is 0.497 e. The van der Waals surface area contributed by atoms with E-state index >= 15 is 0 Å². The van der Waals surface area contributed by atoms with E-state index in [1.54, 1.807) is 38.7 Å². The van der Waals surface area contributed by atoms with Crippen LogP contribution in [0.4, 0.5) is 10.5 Å². The lowest BCUT2D eigenvalue weighted by Crippen LogP contribution is -2.63. The van der Waals surface area contributed by atoms with Crippen molar-refractivity contribution in [3.63, 3.8) is 0 Å². The highest BCUT2D eigenvalue weighted by atomic mass is 16.5. The van der Waals surface area contributed by atoms with Gasteiger partial charge in [0.05, 0.1) is 42.6 Å². The fourth-order valence-corrected chi connectivity index (χ4v) is 5.26. The summed E-state index contributed by atoms with van der Waals surface area (Å²) >= 11 is 0. The van der Waals surface area contributed by atoms with Gasteiger partial charge in [0.15, 0.2) is 0 Å². The van der Waals surface area contributed by atoms with E-state index in [-0.39, 0.29) is 24.0 Å². The number of rotatable bonds is 4. The summed E-state index contributed by atoms with van der Waals surface area (Å²) in [5.41, 5.74) is 1.80. The predicted octanol–water partition coefficient (Wildman–Crippen LogP) is 3.75. The maximum atomic E-state index is 13.7. The molecule has 4 unspecified atom stereocenters. The molecular weight excluding hydrogens is 432 g/mol. The van der Waals surface area contributed by atoms with Crippen LogP contribution in [0.15, 0.2) is 54.9 Å². The zero-order valence-electron chi connectivity index (χ0n) is 18.9. The highest BCUT2D eigenvalue weighted by molar-refractivity contribution is 6.20. The summed E-state index contributed by atoms with van der Waals surface area (Å²) in [7, 11) is 3.19. The first-order valence-electron chi connectivity index (χ1n) is 11.1. The van der Waals surface area contributed by atoms with Gasteiger partial charge in [-0.25, -0.2) is 9.69 Å². The van der Waals surface area contributed by atoms with Gasteiger partial charge in [-0.2, -0.15) is 5.26 Å². The quantitative estimate of drug-likeness (QED) is 0.641. The second-order valence-corrected chi connectivity index (χ2v) is 8.63. The molecule has 4 atom stereocenters. The smallest absolute Gasteiger partial charge is 0.329 e. The normalized spacial score (nSPS) is 24.3. The zero-order valence-corrected chi connectivity index (χ0v) is 18.9. The van der Waals surface area contributed by atoms with Crippen LogP contribution in [-0.2, 0) is 9.53 Å². The molecule has 1 aliphatic carbocycles. The predicted molar refractivity (Wildman–Crippen MR) is 126 cm³/mol. The van der Waals surface area contributed by atoms with Gasteiger partial charge in [-0.1, -0.05) is 24.3 Å². The molecule has 1 saturated heterocycles. The minimum atomic E-state index is -0.467. The number of carbonyl (C=O) groups is 2. The Bertz CT molecular complexity index is 1310. The van der Waals surface area contributed by atoms with Crippen molar-refractivity contribution in [3.05, 3.63) is 66.0 Å². The highest BCUT2D eigenvalue weighted by Gasteiger charge is 2.49. The van der Waals surface area contributed by atoms with Gasteiger partial charge in [-0.3, -0.25) is 9.78 Å². The van der Waals surface area contributed by atoms with Crippen LogP contribution in [0.3, 0.4) is 0 Å². The van der Waals surface area contributed by atoms with Crippen LogP contribution in [0.25, 0.3) is 10.8 Å². The number of urea groups is 1. The summed E-state index contributed by atoms with van der Waals surface area (Å²) in [5, 5.41) is 14.3. The van der Waals surface area contributed by atoms with Crippen LogP contribution in [0.2, 0.25) is 0 Å². The molecule has 1 aliphatic heterocycles. The fourth-order valence-electron chi connectivity index (χ4n) is 5.26. The molecule has 1 N–H and O–H groups in total. The van der Waals surface area contributed by atoms with Gasteiger partial charge in [0.1, 0.15) is 5.75 Å². The minimum absolute atomic E-state index is 0.171. The van der Waals surface area contributed by atoms with Crippen molar-refractivity contribution < 1.29 is 19.1 Å².